The molecule has 12 heteroatoms. The smallest absolute Gasteiger partial charge is 0.413 e. The number of benzene rings is 1. The minimum atomic E-state index is -3.60. The zero-order chi connectivity index (χ0) is 28.4. The van der Waals surface area contributed by atoms with Crippen LogP contribution in [0.1, 0.15) is 63.3 Å². The first-order chi connectivity index (χ1) is 19.9. The Labute approximate surface area is 239 Å². The molecule has 11 nitrogen and oxygen atoms in total. The number of sulfone groups is 1. The van der Waals surface area contributed by atoms with E-state index in [2.05, 4.69) is 31.8 Å². The largest absolute Gasteiger partial charge is 0.446 e. The second-order valence-corrected chi connectivity index (χ2v) is 12.9. The van der Waals surface area contributed by atoms with E-state index in [1.54, 1.807) is 24.3 Å². The van der Waals surface area contributed by atoms with Crippen LogP contribution in [-0.4, -0.2) is 52.2 Å². The zero-order valence-corrected chi connectivity index (χ0v) is 23.8. The SMILES string of the molecule is Cc1cc(Nc2ccc(-c3cc(NC(=O)OC4CC=CCC4)ncn3)c(S(=O)(=O)C3CC3)c2)nn1C1CCCCO1. The van der Waals surface area contributed by atoms with E-state index in [4.69, 9.17) is 9.47 Å². The fourth-order valence-electron chi connectivity index (χ4n) is 5.24. The Morgan fingerprint density at radius 3 is 2.68 bits per heavy atom. The van der Waals surface area contributed by atoms with E-state index < -0.39 is 21.2 Å². The summed E-state index contributed by atoms with van der Waals surface area (Å²) >= 11 is 0. The van der Waals surface area contributed by atoms with Crippen LogP contribution in [0.15, 0.2) is 53.7 Å². The number of hydrogen-bond acceptors (Lipinski definition) is 9. The number of hydrogen-bond donors (Lipinski definition) is 2. The van der Waals surface area contributed by atoms with Gasteiger partial charge in [0.2, 0.25) is 0 Å². The number of amides is 1. The van der Waals surface area contributed by atoms with Crippen LogP contribution in [0.2, 0.25) is 0 Å². The van der Waals surface area contributed by atoms with Crippen LogP contribution >= 0.6 is 0 Å². The highest BCUT2D eigenvalue weighted by Gasteiger charge is 2.38. The van der Waals surface area contributed by atoms with Gasteiger partial charge in [-0.2, -0.15) is 5.10 Å². The quantitative estimate of drug-likeness (QED) is 0.323. The molecule has 2 unspecified atom stereocenters. The van der Waals surface area contributed by atoms with Gasteiger partial charge in [-0.1, -0.05) is 12.2 Å². The van der Waals surface area contributed by atoms with E-state index in [1.165, 1.54) is 6.33 Å². The number of rotatable bonds is 8. The number of carbonyl (C=O) groups excluding carboxylic acids is 1. The third-order valence-corrected chi connectivity index (χ3v) is 9.84. The molecule has 2 fully saturated rings. The van der Waals surface area contributed by atoms with Gasteiger partial charge >= 0.3 is 6.09 Å². The number of allylic oxidation sites excluding steroid dienone is 1. The van der Waals surface area contributed by atoms with Gasteiger partial charge in [0, 0.05) is 42.1 Å². The Bertz CT molecular complexity index is 1560. The van der Waals surface area contributed by atoms with Crippen molar-refractivity contribution in [1.29, 1.82) is 0 Å². The van der Waals surface area contributed by atoms with E-state index in [-0.39, 0.29) is 23.0 Å². The summed E-state index contributed by atoms with van der Waals surface area (Å²) < 4.78 is 40.3. The summed E-state index contributed by atoms with van der Waals surface area (Å²) in [5, 5.41) is 10.2. The average molecular weight is 579 g/mol. The van der Waals surface area contributed by atoms with Gasteiger partial charge in [0.25, 0.3) is 0 Å². The summed E-state index contributed by atoms with van der Waals surface area (Å²) in [6.45, 7) is 2.70. The molecule has 6 rings (SSSR count). The van der Waals surface area contributed by atoms with Gasteiger partial charge in [-0.25, -0.2) is 27.9 Å². The van der Waals surface area contributed by atoms with Gasteiger partial charge in [0.05, 0.1) is 15.8 Å². The second kappa shape index (κ2) is 11.6. The van der Waals surface area contributed by atoms with Crippen molar-refractivity contribution in [3.8, 4) is 11.3 Å². The molecule has 3 heterocycles. The first-order valence-corrected chi connectivity index (χ1v) is 15.7. The molecule has 0 bridgehead atoms. The number of aromatic nitrogens is 4. The highest BCUT2D eigenvalue weighted by Crippen LogP contribution is 2.39. The van der Waals surface area contributed by atoms with Crippen molar-refractivity contribution in [2.75, 3.05) is 17.2 Å². The zero-order valence-electron chi connectivity index (χ0n) is 23.0. The van der Waals surface area contributed by atoms with E-state index in [0.717, 1.165) is 44.4 Å². The number of nitrogens with zero attached hydrogens (tertiary/aromatic N) is 4. The molecule has 2 atom stereocenters. The first-order valence-electron chi connectivity index (χ1n) is 14.1. The second-order valence-electron chi connectivity index (χ2n) is 10.7. The molecule has 2 N–H and O–H groups in total. The van der Waals surface area contributed by atoms with Crippen molar-refractivity contribution < 1.29 is 22.7 Å². The van der Waals surface area contributed by atoms with E-state index in [0.29, 0.717) is 42.0 Å². The van der Waals surface area contributed by atoms with E-state index in [1.807, 2.05) is 23.7 Å². The number of aryl methyl sites for hydroxylation is 1. The molecule has 41 heavy (non-hydrogen) atoms. The summed E-state index contributed by atoms with van der Waals surface area (Å²) in [6, 6.07) is 8.64. The van der Waals surface area contributed by atoms with Gasteiger partial charge in [0.1, 0.15) is 18.2 Å². The highest BCUT2D eigenvalue weighted by molar-refractivity contribution is 7.92. The topological polar surface area (TPSA) is 137 Å². The summed E-state index contributed by atoms with van der Waals surface area (Å²) in [4.78, 5) is 21.1. The molecule has 3 aromatic rings. The molecule has 0 spiro atoms. The molecule has 3 aliphatic rings. The van der Waals surface area contributed by atoms with Crippen LogP contribution in [0.5, 0.6) is 0 Å². The predicted octanol–water partition coefficient (Wildman–Crippen LogP) is 5.68. The van der Waals surface area contributed by atoms with Gasteiger partial charge in [-0.05, 0) is 70.1 Å². The van der Waals surface area contributed by atoms with Crippen molar-refractivity contribution in [1.82, 2.24) is 19.7 Å². The molecule has 216 valence electrons. The van der Waals surface area contributed by atoms with Crippen molar-refractivity contribution in [3.05, 3.63) is 54.5 Å². The Balaban J connectivity index is 1.25. The molecular weight excluding hydrogens is 544 g/mol. The molecule has 1 aliphatic heterocycles. The van der Waals surface area contributed by atoms with Gasteiger partial charge in [0.15, 0.2) is 21.9 Å². The van der Waals surface area contributed by atoms with Crippen molar-refractivity contribution >= 4 is 33.3 Å². The maximum Gasteiger partial charge on any atom is 0.413 e. The van der Waals surface area contributed by atoms with Crippen LogP contribution in [0.4, 0.5) is 22.1 Å². The summed E-state index contributed by atoms with van der Waals surface area (Å²) in [5.41, 5.74) is 2.38. The standard InChI is InChI=1S/C29H34N6O5S/c1-19-15-27(34-35(19)28-9-5-6-14-39-28)32-20-10-13-23(25(16-20)41(37,38)22-11-12-22)24-17-26(31-18-30-24)33-29(36)40-21-7-3-2-4-8-21/h2-3,10,13,15-18,21-22,28H,4-9,11-12,14H2,1H3,(H,32,34)(H,30,31,33,36). The highest BCUT2D eigenvalue weighted by atomic mass is 32.2. The number of carbonyl (C=O) groups is 1. The molecule has 1 aromatic carbocycles. The fraction of sp³-hybridized carbons (Fsp3) is 0.448. The van der Waals surface area contributed by atoms with Crippen molar-refractivity contribution in [2.45, 2.75) is 80.8 Å². The number of anilines is 3. The summed E-state index contributed by atoms with van der Waals surface area (Å²) in [5.74, 6) is 0.842. The molecule has 1 saturated carbocycles. The Morgan fingerprint density at radius 2 is 1.93 bits per heavy atom. The van der Waals surface area contributed by atoms with Crippen LogP contribution < -0.4 is 10.6 Å². The summed E-state index contributed by atoms with van der Waals surface area (Å²) in [7, 11) is -3.60. The normalized spacial score (nSPS) is 20.9. The molecular formula is C29H34N6O5S. The number of nitrogens with one attached hydrogen (secondary N) is 2. The van der Waals surface area contributed by atoms with Crippen molar-refractivity contribution in [3.63, 3.8) is 0 Å². The minimum absolute atomic E-state index is 0.0927. The first kappa shape index (κ1) is 27.4. The lowest BCUT2D eigenvalue weighted by atomic mass is 10.1. The minimum Gasteiger partial charge on any atom is -0.446 e. The Kier molecular flexibility index (Phi) is 7.76. The lowest BCUT2D eigenvalue weighted by molar-refractivity contribution is -0.0404. The van der Waals surface area contributed by atoms with E-state index in [9.17, 15) is 13.2 Å². The fourth-order valence-corrected chi connectivity index (χ4v) is 7.13. The van der Waals surface area contributed by atoms with Crippen LogP contribution in [0, 0.1) is 6.92 Å². The predicted molar refractivity (Wildman–Crippen MR) is 154 cm³/mol. The Morgan fingerprint density at radius 1 is 1.05 bits per heavy atom. The third-order valence-electron chi connectivity index (χ3n) is 7.54. The third kappa shape index (κ3) is 6.28. The lowest BCUT2D eigenvalue weighted by Crippen LogP contribution is -2.23. The monoisotopic (exact) mass is 578 g/mol. The van der Waals surface area contributed by atoms with Crippen molar-refractivity contribution in [2.24, 2.45) is 0 Å². The van der Waals surface area contributed by atoms with Crippen LogP contribution in [-0.2, 0) is 19.3 Å². The van der Waals surface area contributed by atoms with Crippen LogP contribution in [0.25, 0.3) is 11.3 Å². The average Bonchev–Trinajstić information content (AvgIpc) is 3.78. The maximum absolute atomic E-state index is 13.5. The molecule has 2 aliphatic carbocycles. The van der Waals surface area contributed by atoms with Gasteiger partial charge in [-0.15, -0.1) is 0 Å². The summed E-state index contributed by atoms with van der Waals surface area (Å²) in [6.07, 6.45) is 11.1. The molecule has 2 aromatic heterocycles. The van der Waals surface area contributed by atoms with E-state index >= 15 is 0 Å². The molecule has 1 saturated heterocycles. The van der Waals surface area contributed by atoms with Gasteiger partial charge < -0.3 is 14.8 Å². The van der Waals surface area contributed by atoms with Crippen LogP contribution in [0.3, 0.4) is 0 Å². The number of ether oxygens (including phenoxy) is 2. The maximum atomic E-state index is 13.5. The lowest BCUT2D eigenvalue weighted by Gasteiger charge is -2.23. The Hall–Kier alpha value is -3.77. The molecule has 1 amide bonds. The van der Waals surface area contributed by atoms with Gasteiger partial charge in [-0.3, -0.25) is 5.32 Å². The molecule has 0 radical (unpaired) electrons.